The summed E-state index contributed by atoms with van der Waals surface area (Å²) >= 11 is 0. The topological polar surface area (TPSA) is 256 Å². The van der Waals surface area contributed by atoms with Crippen LogP contribution < -0.4 is 38.0 Å². The van der Waals surface area contributed by atoms with E-state index >= 15 is 0 Å². The molecule has 0 bridgehead atoms. The molecule has 318 valence electrons. The number of nitrogens with one attached hydrogen (secondary N) is 4. The summed E-state index contributed by atoms with van der Waals surface area (Å²) in [5.74, 6) is -0.860. The van der Waals surface area contributed by atoms with E-state index in [1.54, 1.807) is 13.8 Å². The SMILES string of the molecule is CCCS(=O)(=O)Oc1cccc(NC(=O)Nc2cccc(OS(=O)(=O)c3cccc(S(=O)(=O)Oc4cccc(NC(=O)Nc5cccc(OS(=O)(=O)CCC)c5)c4)c3)c2)c1. The molecule has 5 rings (SSSR count). The molecule has 0 spiro atoms. The second kappa shape index (κ2) is 19.1. The first-order valence-corrected chi connectivity index (χ1v) is 23.7. The highest BCUT2D eigenvalue weighted by atomic mass is 32.2. The summed E-state index contributed by atoms with van der Waals surface area (Å²) in [7, 11) is -16.9. The van der Waals surface area contributed by atoms with Crippen molar-refractivity contribution in [2.75, 3.05) is 32.8 Å². The van der Waals surface area contributed by atoms with Crippen LogP contribution in [0.3, 0.4) is 0 Å². The molecule has 0 saturated heterocycles. The lowest BCUT2D eigenvalue weighted by molar-refractivity contribution is 0.261. The van der Waals surface area contributed by atoms with Gasteiger partial charge in [0.1, 0.15) is 32.8 Å². The third kappa shape index (κ3) is 13.3. The van der Waals surface area contributed by atoms with Gasteiger partial charge in [-0.3, -0.25) is 0 Å². The maximum absolute atomic E-state index is 13.3. The van der Waals surface area contributed by atoms with Crippen LogP contribution in [0, 0.1) is 0 Å². The molecule has 0 heterocycles. The van der Waals surface area contributed by atoms with Gasteiger partial charge in [0, 0.05) is 47.0 Å². The molecule has 18 nitrogen and oxygen atoms in total. The molecule has 4 N–H and O–H groups in total. The minimum absolute atomic E-state index is 0.00786. The fraction of sp³-hybridized carbons (Fsp3) is 0.158. The maximum Gasteiger partial charge on any atom is 0.339 e. The first kappa shape index (κ1) is 44.7. The number of rotatable bonds is 18. The number of urea groups is 2. The molecule has 0 aliphatic carbocycles. The Balaban J connectivity index is 1.20. The van der Waals surface area contributed by atoms with E-state index in [1.807, 2.05) is 0 Å². The monoisotopic (exact) mass is 902 g/mol. The molecular weight excluding hydrogens is 865 g/mol. The van der Waals surface area contributed by atoms with E-state index in [2.05, 4.69) is 21.3 Å². The van der Waals surface area contributed by atoms with Crippen molar-refractivity contribution in [3.63, 3.8) is 0 Å². The third-order valence-corrected chi connectivity index (χ3v) is 12.7. The van der Waals surface area contributed by atoms with E-state index in [-0.39, 0.29) is 57.3 Å². The summed E-state index contributed by atoms with van der Waals surface area (Å²) in [6.07, 6.45) is 0.706. The van der Waals surface area contributed by atoms with Crippen molar-refractivity contribution < 1.29 is 60.0 Å². The second-order valence-electron chi connectivity index (χ2n) is 12.5. The summed E-state index contributed by atoms with van der Waals surface area (Å²) in [6, 6.07) is 24.7. The Morgan fingerprint density at radius 3 is 1.00 bits per heavy atom. The van der Waals surface area contributed by atoms with Crippen LogP contribution in [0.25, 0.3) is 0 Å². The van der Waals surface area contributed by atoms with Gasteiger partial charge in [0.05, 0.1) is 11.5 Å². The smallest absolute Gasteiger partial charge is 0.339 e. The Hall–Kier alpha value is -6.36. The van der Waals surface area contributed by atoms with Gasteiger partial charge in [-0.2, -0.15) is 33.7 Å². The van der Waals surface area contributed by atoms with Crippen molar-refractivity contribution in [3.05, 3.63) is 121 Å². The van der Waals surface area contributed by atoms with Gasteiger partial charge in [-0.1, -0.05) is 44.2 Å². The fourth-order valence-corrected chi connectivity index (χ4v) is 9.08. The standard InChI is InChI=1S/C38H38N4O14S4/c1-3-20-57(45,46)53-31-14-5-10-27(22-31)39-37(43)41-29-12-7-16-33(24-29)55-59(49,50)35-18-9-19-36(26-35)60(51,52)56-34-17-8-13-30(25-34)42-38(44)40-28-11-6-15-32(23-28)54-58(47,48)21-4-2/h5-19,22-26H,3-4,20-21H2,1-2H3,(H2,39,41,43)(H2,40,42,44). The van der Waals surface area contributed by atoms with E-state index in [1.165, 1.54) is 97.1 Å². The molecule has 0 saturated carbocycles. The van der Waals surface area contributed by atoms with Crippen molar-refractivity contribution in [2.45, 2.75) is 36.5 Å². The van der Waals surface area contributed by atoms with Crippen LogP contribution >= 0.6 is 0 Å². The van der Waals surface area contributed by atoms with Crippen LogP contribution in [0.1, 0.15) is 26.7 Å². The zero-order chi connectivity index (χ0) is 43.6. The van der Waals surface area contributed by atoms with E-state index in [4.69, 9.17) is 16.7 Å². The molecule has 5 aromatic carbocycles. The lowest BCUT2D eigenvalue weighted by Crippen LogP contribution is -2.19. The molecule has 22 heteroatoms. The Kier molecular flexibility index (Phi) is 14.3. The number of carbonyl (C=O) groups excluding carboxylic acids is 2. The molecule has 0 aliphatic rings. The van der Waals surface area contributed by atoms with Crippen LogP contribution in [-0.2, 0) is 40.5 Å². The highest BCUT2D eigenvalue weighted by molar-refractivity contribution is 7.88. The van der Waals surface area contributed by atoms with Crippen molar-refractivity contribution >= 4 is 75.3 Å². The number of hydrogen-bond donors (Lipinski definition) is 4. The molecule has 0 atom stereocenters. The summed E-state index contributed by atoms with van der Waals surface area (Å²) < 4.78 is 122. The van der Waals surface area contributed by atoms with Crippen LogP contribution in [0.5, 0.6) is 23.0 Å². The van der Waals surface area contributed by atoms with E-state index in [0.29, 0.717) is 12.8 Å². The number of benzene rings is 5. The summed E-state index contributed by atoms with van der Waals surface area (Å²) in [4.78, 5) is 24.3. The molecule has 4 amide bonds. The Morgan fingerprint density at radius 1 is 0.417 bits per heavy atom. The first-order chi connectivity index (χ1) is 28.3. The normalized spacial score (nSPS) is 11.8. The third-order valence-electron chi connectivity index (χ3n) is 7.52. The average molecular weight is 903 g/mol. The first-order valence-electron chi connectivity index (χ1n) is 17.7. The lowest BCUT2D eigenvalue weighted by Gasteiger charge is -2.12. The molecule has 60 heavy (non-hydrogen) atoms. The van der Waals surface area contributed by atoms with E-state index in [9.17, 15) is 43.3 Å². The van der Waals surface area contributed by atoms with Crippen LogP contribution in [0.4, 0.5) is 32.3 Å². The van der Waals surface area contributed by atoms with Gasteiger partial charge in [0.2, 0.25) is 0 Å². The van der Waals surface area contributed by atoms with Gasteiger partial charge < -0.3 is 38.0 Å². The zero-order valence-corrected chi connectivity index (χ0v) is 35.0. The molecule has 0 fully saturated rings. The average Bonchev–Trinajstić information content (AvgIpc) is 3.14. The fourth-order valence-electron chi connectivity index (χ4n) is 5.10. The molecule has 0 radical (unpaired) electrons. The number of amides is 4. The number of carbonyl (C=O) groups is 2. The molecule has 0 aliphatic heterocycles. The van der Waals surface area contributed by atoms with E-state index in [0.717, 1.165) is 24.3 Å². The number of hydrogen-bond acceptors (Lipinski definition) is 14. The zero-order valence-electron chi connectivity index (χ0n) is 31.7. The molecular formula is C38H38N4O14S4. The maximum atomic E-state index is 13.3. The Bertz CT molecular complexity index is 2630. The van der Waals surface area contributed by atoms with Gasteiger partial charge in [-0.15, -0.1) is 0 Å². The predicted octanol–water partition coefficient (Wildman–Crippen LogP) is 6.75. The van der Waals surface area contributed by atoms with Crippen LogP contribution in [0.15, 0.2) is 131 Å². The highest BCUT2D eigenvalue weighted by Gasteiger charge is 2.24. The van der Waals surface area contributed by atoms with Crippen molar-refractivity contribution in [2.24, 2.45) is 0 Å². The lowest BCUT2D eigenvalue weighted by atomic mass is 10.3. The predicted molar refractivity (Wildman–Crippen MR) is 223 cm³/mol. The van der Waals surface area contributed by atoms with Gasteiger partial charge >= 0.3 is 52.5 Å². The number of anilines is 4. The van der Waals surface area contributed by atoms with Gasteiger partial charge in [-0.25, -0.2) is 9.59 Å². The van der Waals surface area contributed by atoms with Gasteiger partial charge in [0.25, 0.3) is 0 Å². The van der Waals surface area contributed by atoms with Gasteiger partial charge in [-0.05, 0) is 79.6 Å². The van der Waals surface area contributed by atoms with Crippen LogP contribution in [-0.4, -0.2) is 57.2 Å². The van der Waals surface area contributed by atoms with Crippen molar-refractivity contribution in [3.8, 4) is 23.0 Å². The minimum Gasteiger partial charge on any atom is -0.382 e. The minimum atomic E-state index is -4.65. The quantitative estimate of drug-likeness (QED) is 0.0664. The Labute approximate surface area is 347 Å². The molecule has 0 unspecified atom stereocenters. The van der Waals surface area contributed by atoms with Gasteiger partial charge in [0.15, 0.2) is 0 Å². The highest BCUT2D eigenvalue weighted by Crippen LogP contribution is 2.27. The van der Waals surface area contributed by atoms with E-state index < -0.39 is 62.3 Å². The largest absolute Gasteiger partial charge is 0.382 e. The summed E-state index contributed by atoms with van der Waals surface area (Å²) in [5.41, 5.74) is 0.618. The Morgan fingerprint density at radius 2 is 0.700 bits per heavy atom. The summed E-state index contributed by atoms with van der Waals surface area (Å²) in [6.45, 7) is 3.37. The van der Waals surface area contributed by atoms with Crippen molar-refractivity contribution in [1.29, 1.82) is 0 Å². The van der Waals surface area contributed by atoms with Crippen molar-refractivity contribution in [1.82, 2.24) is 0 Å². The summed E-state index contributed by atoms with van der Waals surface area (Å²) in [5, 5.41) is 10.0. The second-order valence-corrected chi connectivity index (χ2v) is 19.0. The molecule has 0 aromatic heterocycles. The molecule has 5 aromatic rings. The van der Waals surface area contributed by atoms with Crippen LogP contribution in [0.2, 0.25) is 0 Å².